The fourth-order valence-corrected chi connectivity index (χ4v) is 3.94. The first-order valence-corrected chi connectivity index (χ1v) is 10.8. The van der Waals surface area contributed by atoms with Gasteiger partial charge in [-0.15, -0.1) is 26.3 Å². The number of ether oxygens (including phenoxy) is 2. The van der Waals surface area contributed by atoms with Gasteiger partial charge in [0.2, 0.25) is 10.9 Å². The predicted molar refractivity (Wildman–Crippen MR) is 124 cm³/mol. The maximum atomic E-state index is 13.3. The van der Waals surface area contributed by atoms with E-state index in [9.17, 15) is 41.0 Å². The van der Waals surface area contributed by atoms with Crippen molar-refractivity contribution < 1.29 is 49.8 Å². The summed E-state index contributed by atoms with van der Waals surface area (Å²) in [6.07, 6.45) is -7.75. The summed E-state index contributed by atoms with van der Waals surface area (Å²) in [4.78, 5) is 26.5. The average Bonchev–Trinajstić information content (AvgIpc) is 2.84. The van der Waals surface area contributed by atoms with Crippen LogP contribution in [0.3, 0.4) is 0 Å². The molecule has 0 aliphatic rings. The quantitative estimate of drug-likeness (QED) is 0.196. The fourth-order valence-electron chi connectivity index (χ4n) is 3.94. The summed E-state index contributed by atoms with van der Waals surface area (Å²) in [6.45, 7) is 0. The molecule has 0 bridgehead atoms. The molecule has 0 aliphatic carbocycles. The highest BCUT2D eigenvalue weighted by Crippen LogP contribution is 2.34. The molecule has 0 atom stereocenters. The molecule has 2 heterocycles. The highest BCUT2D eigenvalue weighted by atomic mass is 19.4. The minimum Gasteiger partial charge on any atom is -0.506 e. The Hall–Kier alpha value is -4.94. The van der Waals surface area contributed by atoms with Crippen molar-refractivity contribution in [3.05, 3.63) is 87.6 Å². The Labute approximate surface area is 212 Å². The summed E-state index contributed by atoms with van der Waals surface area (Å²) < 4.78 is 93.1. The lowest BCUT2D eigenvalue weighted by Gasteiger charge is -2.10. The molecule has 2 aromatic heterocycles. The Morgan fingerprint density at radius 3 is 1.31 bits per heavy atom. The second-order valence-electron chi connectivity index (χ2n) is 8.07. The van der Waals surface area contributed by atoms with E-state index in [2.05, 4.69) is 9.47 Å². The molecule has 0 radical (unpaired) electrons. The van der Waals surface area contributed by atoms with Crippen molar-refractivity contribution in [1.82, 2.24) is 0 Å². The molecular formula is C26H12F6O7. The van der Waals surface area contributed by atoms with Crippen LogP contribution in [0.5, 0.6) is 17.2 Å². The Morgan fingerprint density at radius 2 is 0.974 bits per heavy atom. The Balaban J connectivity index is 1.60. The van der Waals surface area contributed by atoms with Crippen LogP contribution in [0.2, 0.25) is 0 Å². The maximum Gasteiger partial charge on any atom is 0.573 e. The van der Waals surface area contributed by atoms with Crippen LogP contribution < -0.4 is 20.3 Å². The van der Waals surface area contributed by atoms with Gasteiger partial charge in [-0.2, -0.15) is 0 Å². The van der Waals surface area contributed by atoms with E-state index in [0.29, 0.717) is 0 Å². The second-order valence-corrected chi connectivity index (χ2v) is 8.07. The zero-order valence-corrected chi connectivity index (χ0v) is 19.0. The molecule has 0 aliphatic heterocycles. The minimum atomic E-state index is -4.91. The SMILES string of the molecule is O=c1c(-c2ccc(OC(F)(F)F)cc2)coc2cc3occ(-c4ccc(OC(F)(F)F)cc4)c(=O)c3c(O)c12. The van der Waals surface area contributed by atoms with E-state index in [4.69, 9.17) is 8.83 Å². The molecule has 1 N–H and O–H groups in total. The van der Waals surface area contributed by atoms with E-state index in [1.54, 1.807) is 0 Å². The van der Waals surface area contributed by atoms with Crippen LogP contribution in [0, 0.1) is 0 Å². The Bertz CT molecular complexity index is 1690. The molecule has 0 unspecified atom stereocenters. The van der Waals surface area contributed by atoms with E-state index < -0.39 is 51.6 Å². The van der Waals surface area contributed by atoms with Crippen LogP contribution in [0.15, 0.2) is 85.5 Å². The van der Waals surface area contributed by atoms with Gasteiger partial charge >= 0.3 is 12.7 Å². The van der Waals surface area contributed by atoms with Gasteiger partial charge in [0.1, 0.15) is 51.7 Å². The van der Waals surface area contributed by atoms with Crippen molar-refractivity contribution in [2.45, 2.75) is 12.7 Å². The third-order valence-corrected chi connectivity index (χ3v) is 5.58. The zero-order valence-electron chi connectivity index (χ0n) is 19.0. The molecule has 0 saturated heterocycles. The topological polar surface area (TPSA) is 99.1 Å². The third-order valence-electron chi connectivity index (χ3n) is 5.58. The first-order valence-electron chi connectivity index (χ1n) is 10.8. The third kappa shape index (κ3) is 5.10. The van der Waals surface area contributed by atoms with Crippen LogP contribution >= 0.6 is 0 Å². The van der Waals surface area contributed by atoms with E-state index >= 15 is 0 Å². The molecule has 0 amide bonds. The van der Waals surface area contributed by atoms with Gasteiger partial charge in [-0.3, -0.25) is 9.59 Å². The largest absolute Gasteiger partial charge is 0.573 e. The van der Waals surface area contributed by atoms with E-state index in [1.807, 2.05) is 0 Å². The number of hydrogen-bond acceptors (Lipinski definition) is 7. The van der Waals surface area contributed by atoms with Gasteiger partial charge in [0.15, 0.2) is 0 Å². The summed E-state index contributed by atoms with van der Waals surface area (Å²) >= 11 is 0. The van der Waals surface area contributed by atoms with E-state index in [0.717, 1.165) is 36.8 Å². The highest BCUT2D eigenvalue weighted by Gasteiger charge is 2.32. The fraction of sp³-hybridized carbons (Fsp3) is 0.0769. The van der Waals surface area contributed by atoms with Gasteiger partial charge in [0.05, 0.1) is 11.1 Å². The van der Waals surface area contributed by atoms with Gasteiger partial charge in [0, 0.05) is 6.07 Å². The standard InChI is InChI=1S/C26H12F6O7/c27-25(28,29)38-14-5-1-12(2-6-14)16-10-36-18-9-19-21(24(35)20(18)22(16)33)23(34)17(11-37-19)13-3-7-15(8-4-13)39-26(30,31)32/h1-11,35H. The van der Waals surface area contributed by atoms with Crippen LogP contribution in [0.1, 0.15) is 0 Å². The van der Waals surface area contributed by atoms with Crippen molar-refractivity contribution >= 4 is 21.9 Å². The molecule has 39 heavy (non-hydrogen) atoms. The highest BCUT2D eigenvalue weighted by molar-refractivity contribution is 6.02. The number of rotatable bonds is 4. The van der Waals surface area contributed by atoms with Gasteiger partial charge in [0.25, 0.3) is 0 Å². The van der Waals surface area contributed by atoms with Crippen molar-refractivity contribution in [1.29, 1.82) is 0 Å². The lowest BCUT2D eigenvalue weighted by Crippen LogP contribution is -2.17. The van der Waals surface area contributed by atoms with Gasteiger partial charge in [-0.25, -0.2) is 0 Å². The number of phenolic OH excluding ortho intramolecular Hbond substituents is 1. The normalized spacial score (nSPS) is 12.2. The predicted octanol–water partition coefficient (Wildman–Crippen LogP) is 6.74. The monoisotopic (exact) mass is 550 g/mol. The molecule has 3 aromatic carbocycles. The summed E-state index contributed by atoms with van der Waals surface area (Å²) in [6, 6.07) is 9.84. The number of halogens is 6. The van der Waals surface area contributed by atoms with Crippen molar-refractivity contribution in [2.24, 2.45) is 0 Å². The number of benzene rings is 3. The zero-order chi connectivity index (χ0) is 28.1. The molecule has 13 heteroatoms. The van der Waals surface area contributed by atoms with Gasteiger partial charge in [-0.05, 0) is 35.4 Å². The number of alkyl halides is 6. The Kier molecular flexibility index (Phi) is 6.01. The number of aromatic hydroxyl groups is 1. The van der Waals surface area contributed by atoms with Crippen LogP contribution in [0.4, 0.5) is 26.3 Å². The lowest BCUT2D eigenvalue weighted by atomic mass is 10.0. The smallest absolute Gasteiger partial charge is 0.506 e. The van der Waals surface area contributed by atoms with Crippen molar-refractivity contribution in [2.75, 3.05) is 0 Å². The number of hydrogen-bond donors (Lipinski definition) is 1. The molecule has 0 saturated carbocycles. The first kappa shape index (κ1) is 25.7. The first-order chi connectivity index (χ1) is 18.3. The average molecular weight is 550 g/mol. The minimum absolute atomic E-state index is 0.128. The van der Waals surface area contributed by atoms with Gasteiger partial charge in [-0.1, -0.05) is 24.3 Å². The molecule has 5 aromatic rings. The van der Waals surface area contributed by atoms with Crippen LogP contribution in [-0.2, 0) is 0 Å². The molecule has 5 rings (SSSR count). The molecular weight excluding hydrogens is 538 g/mol. The molecule has 7 nitrogen and oxygen atoms in total. The van der Waals surface area contributed by atoms with E-state index in [1.165, 1.54) is 30.3 Å². The molecule has 200 valence electrons. The van der Waals surface area contributed by atoms with Gasteiger partial charge < -0.3 is 23.4 Å². The van der Waals surface area contributed by atoms with Crippen molar-refractivity contribution in [3.8, 4) is 39.5 Å². The van der Waals surface area contributed by atoms with Crippen molar-refractivity contribution in [3.63, 3.8) is 0 Å². The Morgan fingerprint density at radius 1 is 0.615 bits per heavy atom. The van der Waals surface area contributed by atoms with Crippen LogP contribution in [0.25, 0.3) is 44.2 Å². The van der Waals surface area contributed by atoms with E-state index in [-0.39, 0.29) is 33.4 Å². The number of fused-ring (bicyclic) bond motifs is 2. The van der Waals surface area contributed by atoms with Crippen LogP contribution in [-0.4, -0.2) is 17.8 Å². The maximum absolute atomic E-state index is 13.3. The summed E-state index contributed by atoms with van der Waals surface area (Å²) in [5, 5.41) is 10.2. The molecule has 0 spiro atoms. The lowest BCUT2D eigenvalue weighted by molar-refractivity contribution is -0.275. The second kappa shape index (κ2) is 9.11. The summed E-state index contributed by atoms with van der Waals surface area (Å²) in [5.74, 6) is -1.82. The summed E-state index contributed by atoms with van der Waals surface area (Å²) in [7, 11) is 0. The molecule has 0 fully saturated rings. The number of phenols is 1. The summed E-state index contributed by atoms with van der Waals surface area (Å²) in [5.41, 5.74) is -1.85.